The summed E-state index contributed by atoms with van der Waals surface area (Å²) in [5, 5.41) is 15.7. The van der Waals surface area contributed by atoms with Gasteiger partial charge in [0, 0.05) is 57.4 Å². The number of carbonyl (C=O) groups is 1. The molecular formula is C30H43N5O3. The van der Waals surface area contributed by atoms with Crippen LogP contribution in [0.2, 0.25) is 0 Å². The summed E-state index contributed by atoms with van der Waals surface area (Å²) in [7, 11) is 0. The lowest BCUT2D eigenvalue weighted by atomic mass is 9.78. The van der Waals surface area contributed by atoms with Crippen LogP contribution >= 0.6 is 0 Å². The minimum absolute atomic E-state index is 0.0766. The number of hydrogen-bond donors (Lipinski definition) is 2. The fourth-order valence-corrected chi connectivity index (χ4v) is 6.25. The van der Waals surface area contributed by atoms with Crippen molar-refractivity contribution >= 4 is 17.8 Å². The van der Waals surface area contributed by atoms with E-state index in [0.717, 1.165) is 76.1 Å². The fraction of sp³-hybridized carbons (Fsp3) is 0.633. The maximum atomic E-state index is 13.0. The number of rotatable bonds is 7. The lowest BCUT2D eigenvalue weighted by Gasteiger charge is -2.36. The number of nitrogens with zero attached hydrogens (tertiary/aromatic N) is 4. The summed E-state index contributed by atoms with van der Waals surface area (Å²) in [6, 6.07) is 8.67. The maximum Gasteiger partial charge on any atom is 0.225 e. The third-order valence-electron chi connectivity index (χ3n) is 8.91. The van der Waals surface area contributed by atoms with Gasteiger partial charge in [0.1, 0.15) is 5.75 Å². The molecule has 8 nitrogen and oxygen atoms in total. The van der Waals surface area contributed by atoms with E-state index >= 15 is 0 Å². The predicted molar refractivity (Wildman–Crippen MR) is 150 cm³/mol. The molecule has 4 aliphatic rings. The van der Waals surface area contributed by atoms with Gasteiger partial charge >= 0.3 is 0 Å². The lowest BCUT2D eigenvalue weighted by Crippen LogP contribution is -2.48. The van der Waals surface area contributed by atoms with Crippen molar-refractivity contribution < 1.29 is 14.7 Å². The van der Waals surface area contributed by atoms with Crippen molar-refractivity contribution in [1.82, 2.24) is 15.1 Å². The van der Waals surface area contributed by atoms with Crippen molar-refractivity contribution in [2.24, 2.45) is 22.0 Å². The number of likely N-dealkylation sites (tertiary alicyclic amines) is 2. The summed E-state index contributed by atoms with van der Waals surface area (Å²) in [5.41, 5.74) is 3.42. The third kappa shape index (κ3) is 6.57. The molecule has 5 rings (SSSR count). The molecule has 2 saturated heterocycles. The highest BCUT2D eigenvalue weighted by Gasteiger charge is 2.31. The van der Waals surface area contributed by atoms with Crippen LogP contribution in [-0.2, 0) is 4.79 Å². The van der Waals surface area contributed by atoms with Gasteiger partial charge in [-0.1, -0.05) is 24.2 Å². The van der Waals surface area contributed by atoms with Gasteiger partial charge < -0.3 is 20.2 Å². The van der Waals surface area contributed by atoms with Gasteiger partial charge in [-0.05, 0) is 80.1 Å². The monoisotopic (exact) mass is 521 g/mol. The lowest BCUT2D eigenvalue weighted by molar-refractivity contribution is -0.136. The van der Waals surface area contributed by atoms with Crippen molar-refractivity contribution in [3.8, 4) is 5.75 Å². The van der Waals surface area contributed by atoms with Crippen LogP contribution in [-0.4, -0.2) is 71.9 Å². The standard InChI is InChI=1S/C30H43N5O3/c1-2-22-19-31-30(32-20-22)35-15-11-23(12-16-35)21-38-28-9-7-25(8-10-28)24-3-5-26(6-4-24)29(36)34-17-13-27(33-37)14-18-34/h7-10,19-20,23-24,26,30-31,37H,2-6,11-18,21H2,1H3. The Labute approximate surface area is 226 Å². The Balaban J connectivity index is 1.01. The highest BCUT2D eigenvalue weighted by molar-refractivity contribution is 5.87. The molecule has 206 valence electrons. The van der Waals surface area contributed by atoms with E-state index in [1.54, 1.807) is 0 Å². The molecule has 1 atom stereocenters. The topological polar surface area (TPSA) is 89.8 Å². The number of piperidine rings is 2. The number of amides is 1. The molecule has 0 aromatic heterocycles. The number of nitrogens with one attached hydrogen (secondary N) is 1. The highest BCUT2D eigenvalue weighted by Crippen LogP contribution is 2.37. The molecule has 1 unspecified atom stereocenters. The van der Waals surface area contributed by atoms with E-state index in [2.05, 4.69) is 57.8 Å². The predicted octanol–water partition coefficient (Wildman–Crippen LogP) is 4.76. The fourth-order valence-electron chi connectivity index (χ4n) is 6.25. The Bertz CT molecular complexity index is 1010. The molecule has 3 heterocycles. The molecule has 0 radical (unpaired) electrons. The van der Waals surface area contributed by atoms with Crippen LogP contribution < -0.4 is 10.1 Å². The summed E-state index contributed by atoms with van der Waals surface area (Å²) in [5.74, 6) is 2.48. The van der Waals surface area contributed by atoms with Crippen LogP contribution in [0, 0.1) is 11.8 Å². The van der Waals surface area contributed by atoms with E-state index < -0.39 is 0 Å². The molecule has 0 bridgehead atoms. The zero-order valence-corrected chi connectivity index (χ0v) is 22.7. The first kappa shape index (κ1) is 26.7. The second-order valence-electron chi connectivity index (χ2n) is 11.3. The third-order valence-corrected chi connectivity index (χ3v) is 8.91. The van der Waals surface area contributed by atoms with Gasteiger partial charge in [-0.25, -0.2) is 0 Å². The van der Waals surface area contributed by atoms with Gasteiger partial charge in [0.25, 0.3) is 0 Å². The Kier molecular flexibility index (Phi) is 8.99. The van der Waals surface area contributed by atoms with Crippen LogP contribution in [0.3, 0.4) is 0 Å². The van der Waals surface area contributed by atoms with Crippen LogP contribution in [0.25, 0.3) is 0 Å². The molecule has 0 spiro atoms. The Morgan fingerprint density at radius 3 is 2.37 bits per heavy atom. The van der Waals surface area contributed by atoms with Crippen molar-refractivity contribution in [1.29, 1.82) is 0 Å². The van der Waals surface area contributed by atoms with Gasteiger partial charge in [-0.3, -0.25) is 14.7 Å². The SMILES string of the molecule is CCC1=CNC(N2CCC(COc3ccc(C4CCC(C(=O)N5CCC(=NO)CC5)CC4)cc3)CC2)N=C1. The van der Waals surface area contributed by atoms with Crippen molar-refractivity contribution in [3.05, 3.63) is 41.6 Å². The number of allylic oxidation sites excluding steroid dienone is 1. The highest BCUT2D eigenvalue weighted by atomic mass is 16.5. The van der Waals surface area contributed by atoms with Crippen molar-refractivity contribution in [2.45, 2.75) is 76.9 Å². The Hall–Kier alpha value is -2.87. The molecule has 1 aliphatic carbocycles. The first-order valence-corrected chi connectivity index (χ1v) is 14.6. The second-order valence-corrected chi connectivity index (χ2v) is 11.3. The molecule has 1 saturated carbocycles. The number of hydrogen-bond acceptors (Lipinski definition) is 7. The smallest absolute Gasteiger partial charge is 0.225 e. The first-order chi connectivity index (χ1) is 18.6. The molecule has 1 amide bonds. The largest absolute Gasteiger partial charge is 0.493 e. The van der Waals surface area contributed by atoms with Crippen LogP contribution in [0.4, 0.5) is 0 Å². The van der Waals surface area contributed by atoms with Gasteiger partial charge in [0.2, 0.25) is 5.91 Å². The molecule has 3 fully saturated rings. The number of benzene rings is 1. The van der Waals surface area contributed by atoms with E-state index in [4.69, 9.17) is 9.94 Å². The summed E-state index contributed by atoms with van der Waals surface area (Å²) in [6.07, 6.45) is 12.9. The molecule has 1 aromatic rings. The number of oxime groups is 1. The number of ether oxygens (including phenoxy) is 1. The quantitative estimate of drug-likeness (QED) is 0.399. The van der Waals surface area contributed by atoms with E-state index in [-0.39, 0.29) is 12.2 Å². The van der Waals surface area contributed by atoms with Crippen molar-refractivity contribution in [2.75, 3.05) is 32.8 Å². The van der Waals surface area contributed by atoms with Gasteiger partial charge in [0.05, 0.1) is 12.3 Å². The number of aliphatic imine (C=N–C) groups is 1. The van der Waals surface area contributed by atoms with Crippen LogP contribution in [0.1, 0.15) is 76.2 Å². The summed E-state index contributed by atoms with van der Waals surface area (Å²) >= 11 is 0. The molecular weight excluding hydrogens is 478 g/mol. The average molecular weight is 522 g/mol. The Morgan fingerprint density at radius 2 is 1.76 bits per heavy atom. The van der Waals surface area contributed by atoms with Crippen LogP contribution in [0.5, 0.6) is 5.75 Å². The summed E-state index contributed by atoms with van der Waals surface area (Å²) in [4.78, 5) is 22.0. The zero-order chi connectivity index (χ0) is 26.3. The second kappa shape index (κ2) is 12.8. The van der Waals surface area contributed by atoms with E-state index in [0.29, 0.717) is 43.7 Å². The zero-order valence-electron chi connectivity index (χ0n) is 22.7. The normalized spacial score (nSPS) is 27.0. The van der Waals surface area contributed by atoms with Crippen molar-refractivity contribution in [3.63, 3.8) is 0 Å². The minimum atomic E-state index is 0.0766. The number of carbonyl (C=O) groups excluding carboxylic acids is 1. The van der Waals surface area contributed by atoms with E-state index in [1.165, 1.54) is 11.1 Å². The minimum Gasteiger partial charge on any atom is -0.493 e. The van der Waals surface area contributed by atoms with E-state index in [1.807, 2.05) is 11.1 Å². The molecule has 8 heteroatoms. The van der Waals surface area contributed by atoms with E-state index in [9.17, 15) is 4.79 Å². The molecule has 2 N–H and O–H groups in total. The molecule has 38 heavy (non-hydrogen) atoms. The average Bonchev–Trinajstić information content (AvgIpc) is 3.00. The molecule has 1 aromatic carbocycles. The summed E-state index contributed by atoms with van der Waals surface area (Å²) in [6.45, 7) is 6.36. The Morgan fingerprint density at radius 1 is 1.05 bits per heavy atom. The van der Waals surface area contributed by atoms with Gasteiger partial charge in [0.15, 0.2) is 6.29 Å². The van der Waals surface area contributed by atoms with Crippen LogP contribution in [0.15, 0.2) is 46.2 Å². The summed E-state index contributed by atoms with van der Waals surface area (Å²) < 4.78 is 6.18. The van der Waals surface area contributed by atoms with Gasteiger partial charge in [-0.2, -0.15) is 0 Å². The molecule has 3 aliphatic heterocycles. The first-order valence-electron chi connectivity index (χ1n) is 14.6. The van der Waals surface area contributed by atoms with Gasteiger partial charge in [-0.15, -0.1) is 0 Å². The maximum absolute atomic E-state index is 13.0.